The van der Waals surface area contributed by atoms with Crippen molar-refractivity contribution in [2.45, 2.75) is 63.9 Å². The summed E-state index contributed by atoms with van der Waals surface area (Å²) in [6.45, 7) is 2.81. The molecule has 1 atom stereocenters. The molecule has 0 amide bonds. The summed E-state index contributed by atoms with van der Waals surface area (Å²) in [5.41, 5.74) is 1.75. The highest BCUT2D eigenvalue weighted by molar-refractivity contribution is 5.97. The number of carbonyl (C=O) groups excluding carboxylic acids is 1. The number of nitrogens with zero attached hydrogens (tertiary/aromatic N) is 1. The summed E-state index contributed by atoms with van der Waals surface area (Å²) in [7, 11) is 0. The first-order valence-corrected chi connectivity index (χ1v) is 8.36. The summed E-state index contributed by atoms with van der Waals surface area (Å²) < 4.78 is 6.11. The van der Waals surface area contributed by atoms with E-state index in [1.54, 1.807) is 6.20 Å². The minimum atomic E-state index is -0.0159. The van der Waals surface area contributed by atoms with Crippen molar-refractivity contribution in [1.82, 2.24) is 4.98 Å². The van der Waals surface area contributed by atoms with E-state index >= 15 is 0 Å². The SMILES string of the molecule is CCc1cccnc1C(=O)C1CCOC2(CCCCC2)C1. The summed E-state index contributed by atoms with van der Waals surface area (Å²) >= 11 is 0. The lowest BCUT2D eigenvalue weighted by Gasteiger charge is -2.43. The van der Waals surface area contributed by atoms with E-state index in [0.717, 1.165) is 44.3 Å². The fourth-order valence-corrected chi connectivity index (χ4v) is 3.94. The maximum absolute atomic E-state index is 12.9. The summed E-state index contributed by atoms with van der Waals surface area (Å²) in [5, 5.41) is 0. The molecule has 1 aromatic heterocycles. The molecule has 0 radical (unpaired) electrons. The third kappa shape index (κ3) is 3.03. The lowest BCUT2D eigenvalue weighted by atomic mass is 9.74. The zero-order chi connectivity index (χ0) is 14.7. The van der Waals surface area contributed by atoms with Crippen molar-refractivity contribution in [3.05, 3.63) is 29.6 Å². The van der Waals surface area contributed by atoms with E-state index in [2.05, 4.69) is 11.9 Å². The van der Waals surface area contributed by atoms with Crippen LogP contribution in [-0.4, -0.2) is 23.0 Å². The van der Waals surface area contributed by atoms with Gasteiger partial charge in [-0.15, -0.1) is 0 Å². The number of carbonyl (C=O) groups is 1. The van der Waals surface area contributed by atoms with Crippen LogP contribution >= 0.6 is 0 Å². The Morgan fingerprint density at radius 1 is 1.38 bits per heavy atom. The molecule has 1 spiro atoms. The van der Waals surface area contributed by atoms with Crippen LogP contribution in [0.4, 0.5) is 0 Å². The van der Waals surface area contributed by atoms with E-state index < -0.39 is 0 Å². The largest absolute Gasteiger partial charge is 0.375 e. The van der Waals surface area contributed by atoms with Crippen LogP contribution in [0.1, 0.15) is 67.9 Å². The van der Waals surface area contributed by atoms with Crippen LogP contribution in [0.25, 0.3) is 0 Å². The molecule has 0 aromatic carbocycles. The van der Waals surface area contributed by atoms with E-state index in [4.69, 9.17) is 4.74 Å². The molecule has 114 valence electrons. The van der Waals surface area contributed by atoms with Crippen molar-refractivity contribution in [3.8, 4) is 0 Å². The smallest absolute Gasteiger partial charge is 0.184 e. The van der Waals surface area contributed by atoms with Gasteiger partial charge in [0.15, 0.2) is 5.78 Å². The first kappa shape index (κ1) is 14.7. The Labute approximate surface area is 127 Å². The molecule has 2 fully saturated rings. The Kier molecular flexibility index (Phi) is 4.39. The molecule has 1 unspecified atom stereocenters. The van der Waals surface area contributed by atoms with Crippen LogP contribution in [-0.2, 0) is 11.2 Å². The number of hydrogen-bond acceptors (Lipinski definition) is 3. The van der Waals surface area contributed by atoms with E-state index in [1.165, 1.54) is 19.3 Å². The first-order valence-electron chi connectivity index (χ1n) is 8.36. The minimum absolute atomic E-state index is 0.0159. The summed E-state index contributed by atoms with van der Waals surface area (Å²) in [6, 6.07) is 3.94. The minimum Gasteiger partial charge on any atom is -0.375 e. The molecule has 1 saturated carbocycles. The number of hydrogen-bond donors (Lipinski definition) is 0. The number of aryl methyl sites for hydroxylation is 1. The number of Topliss-reactive ketones (excluding diaryl/α,β-unsaturated/α-hetero) is 1. The molecule has 2 aliphatic rings. The normalized spacial score (nSPS) is 24.9. The molecule has 1 aromatic rings. The highest BCUT2D eigenvalue weighted by Crippen LogP contribution is 2.41. The van der Waals surface area contributed by atoms with Gasteiger partial charge >= 0.3 is 0 Å². The molecule has 0 bridgehead atoms. The number of ether oxygens (including phenoxy) is 1. The van der Waals surface area contributed by atoms with E-state index in [-0.39, 0.29) is 17.3 Å². The zero-order valence-electron chi connectivity index (χ0n) is 12.9. The van der Waals surface area contributed by atoms with Gasteiger partial charge in [-0.25, -0.2) is 0 Å². The van der Waals surface area contributed by atoms with Gasteiger partial charge in [0.05, 0.1) is 5.60 Å². The van der Waals surface area contributed by atoms with Gasteiger partial charge in [0.2, 0.25) is 0 Å². The number of rotatable bonds is 3. The van der Waals surface area contributed by atoms with Crippen molar-refractivity contribution in [2.24, 2.45) is 5.92 Å². The summed E-state index contributed by atoms with van der Waals surface area (Å²) in [5.74, 6) is 0.331. The Hall–Kier alpha value is -1.22. The first-order chi connectivity index (χ1) is 10.2. The highest BCUT2D eigenvalue weighted by atomic mass is 16.5. The molecule has 3 rings (SSSR count). The molecule has 2 heterocycles. The third-order valence-corrected chi connectivity index (χ3v) is 5.13. The van der Waals surface area contributed by atoms with Crippen LogP contribution in [0.15, 0.2) is 18.3 Å². The topological polar surface area (TPSA) is 39.2 Å². The molecule has 1 aliphatic heterocycles. The van der Waals surface area contributed by atoms with Crippen LogP contribution in [0.3, 0.4) is 0 Å². The Morgan fingerprint density at radius 3 is 2.95 bits per heavy atom. The van der Waals surface area contributed by atoms with Crippen molar-refractivity contribution < 1.29 is 9.53 Å². The lowest BCUT2D eigenvalue weighted by Crippen LogP contribution is -2.43. The van der Waals surface area contributed by atoms with E-state index in [9.17, 15) is 4.79 Å². The molecule has 0 N–H and O–H groups in total. The van der Waals surface area contributed by atoms with Gasteiger partial charge in [-0.1, -0.05) is 32.3 Å². The average molecular weight is 287 g/mol. The van der Waals surface area contributed by atoms with Crippen molar-refractivity contribution >= 4 is 5.78 Å². The maximum atomic E-state index is 12.9. The van der Waals surface area contributed by atoms with Gasteiger partial charge in [0, 0.05) is 18.7 Å². The monoisotopic (exact) mass is 287 g/mol. The third-order valence-electron chi connectivity index (χ3n) is 5.13. The average Bonchev–Trinajstić information content (AvgIpc) is 2.55. The maximum Gasteiger partial charge on any atom is 0.184 e. The Morgan fingerprint density at radius 2 is 2.19 bits per heavy atom. The van der Waals surface area contributed by atoms with Gasteiger partial charge in [0.1, 0.15) is 5.69 Å². The van der Waals surface area contributed by atoms with Crippen molar-refractivity contribution in [2.75, 3.05) is 6.61 Å². The Bertz CT molecular complexity index is 500. The summed E-state index contributed by atoms with van der Waals surface area (Å²) in [6.07, 6.45) is 10.4. The highest BCUT2D eigenvalue weighted by Gasteiger charge is 2.41. The Balaban J connectivity index is 1.78. The molecular formula is C18H25NO2. The van der Waals surface area contributed by atoms with Crippen LogP contribution in [0.2, 0.25) is 0 Å². The number of pyridine rings is 1. The molecule has 1 aliphatic carbocycles. The molecular weight excluding hydrogens is 262 g/mol. The van der Waals surface area contributed by atoms with E-state index in [0.29, 0.717) is 5.69 Å². The quantitative estimate of drug-likeness (QED) is 0.790. The van der Waals surface area contributed by atoms with Gasteiger partial charge in [-0.05, 0) is 43.7 Å². The second-order valence-electron chi connectivity index (χ2n) is 6.51. The molecule has 21 heavy (non-hydrogen) atoms. The van der Waals surface area contributed by atoms with Gasteiger partial charge in [-0.2, -0.15) is 0 Å². The van der Waals surface area contributed by atoms with Gasteiger partial charge in [-0.3, -0.25) is 9.78 Å². The molecule has 3 nitrogen and oxygen atoms in total. The summed E-state index contributed by atoms with van der Waals surface area (Å²) in [4.78, 5) is 17.3. The van der Waals surface area contributed by atoms with E-state index in [1.807, 2.05) is 12.1 Å². The van der Waals surface area contributed by atoms with Gasteiger partial charge < -0.3 is 4.74 Å². The second kappa shape index (κ2) is 6.27. The predicted molar refractivity (Wildman–Crippen MR) is 82.4 cm³/mol. The van der Waals surface area contributed by atoms with Gasteiger partial charge in [0.25, 0.3) is 0 Å². The molecule has 1 saturated heterocycles. The zero-order valence-corrected chi connectivity index (χ0v) is 12.9. The van der Waals surface area contributed by atoms with Crippen LogP contribution in [0, 0.1) is 5.92 Å². The van der Waals surface area contributed by atoms with Crippen LogP contribution in [0.5, 0.6) is 0 Å². The van der Waals surface area contributed by atoms with Crippen LogP contribution < -0.4 is 0 Å². The fraction of sp³-hybridized carbons (Fsp3) is 0.667. The molecule has 3 heteroatoms. The van der Waals surface area contributed by atoms with Crippen molar-refractivity contribution in [1.29, 1.82) is 0 Å². The van der Waals surface area contributed by atoms with Crippen molar-refractivity contribution in [3.63, 3.8) is 0 Å². The predicted octanol–water partition coefficient (Wildman–Crippen LogP) is 3.96. The standard InChI is InChI=1S/C18H25NO2/c1-2-14-7-6-11-19-16(14)17(20)15-8-12-21-18(13-15)9-4-3-5-10-18/h6-7,11,15H,2-5,8-10,12-13H2,1H3. The number of ketones is 1. The fourth-order valence-electron chi connectivity index (χ4n) is 3.94. The number of aromatic nitrogens is 1. The lowest BCUT2D eigenvalue weighted by molar-refractivity contribution is -0.111. The second-order valence-corrected chi connectivity index (χ2v) is 6.51.